The molecule has 1 aromatic carbocycles. The molecule has 2 amide bonds. The lowest BCUT2D eigenvalue weighted by atomic mass is 10.2. The molecule has 0 heterocycles. The number of methoxy groups -OCH3 is 1. The Balaban J connectivity index is 2.86. The molecule has 2 N–H and O–H groups in total. The van der Waals surface area contributed by atoms with Crippen LogP contribution in [0.5, 0.6) is 5.75 Å². The van der Waals surface area contributed by atoms with Crippen molar-refractivity contribution >= 4 is 17.7 Å². The van der Waals surface area contributed by atoms with Gasteiger partial charge in [0.05, 0.1) is 12.8 Å². The van der Waals surface area contributed by atoms with Gasteiger partial charge >= 0.3 is 12.0 Å². The van der Waals surface area contributed by atoms with Crippen molar-refractivity contribution in [3.63, 3.8) is 0 Å². The van der Waals surface area contributed by atoms with E-state index in [1.165, 1.54) is 12.0 Å². The number of nitrogens with zero attached hydrogens (tertiary/aromatic N) is 1. The van der Waals surface area contributed by atoms with Crippen molar-refractivity contribution in [1.82, 2.24) is 4.90 Å². The monoisotopic (exact) mass is 280 g/mol. The maximum atomic E-state index is 12.1. The number of benzene rings is 1. The zero-order chi connectivity index (χ0) is 15.1. The number of carboxylic acid groups (broad SMARTS) is 1. The quantitative estimate of drug-likeness (QED) is 0.838. The van der Waals surface area contributed by atoms with E-state index in [0.29, 0.717) is 24.4 Å². The molecular weight excluding hydrogens is 260 g/mol. The lowest BCUT2D eigenvalue weighted by molar-refractivity contribution is -0.137. The lowest BCUT2D eigenvalue weighted by Crippen LogP contribution is -2.39. The van der Waals surface area contributed by atoms with Gasteiger partial charge in [-0.15, -0.1) is 0 Å². The fraction of sp³-hybridized carbons (Fsp3) is 0.429. The molecule has 0 fully saturated rings. The molecular formula is C14H20N2O4. The third-order valence-corrected chi connectivity index (χ3v) is 2.70. The zero-order valence-electron chi connectivity index (χ0n) is 12.0. The predicted octanol–water partition coefficient (Wildman–Crippen LogP) is 2.33. The summed E-state index contributed by atoms with van der Waals surface area (Å²) in [5, 5.41) is 11.5. The van der Waals surface area contributed by atoms with E-state index in [1.54, 1.807) is 12.1 Å². The van der Waals surface area contributed by atoms with Crippen LogP contribution in [0.25, 0.3) is 0 Å². The molecule has 0 radical (unpaired) electrons. The van der Waals surface area contributed by atoms with Gasteiger partial charge in [0.2, 0.25) is 0 Å². The van der Waals surface area contributed by atoms with Crippen LogP contribution < -0.4 is 10.1 Å². The van der Waals surface area contributed by atoms with E-state index in [1.807, 2.05) is 19.9 Å². The van der Waals surface area contributed by atoms with Crippen LogP contribution in [0.4, 0.5) is 10.5 Å². The summed E-state index contributed by atoms with van der Waals surface area (Å²) in [6, 6.07) is 4.96. The number of rotatable bonds is 6. The highest BCUT2D eigenvalue weighted by molar-refractivity contribution is 5.92. The van der Waals surface area contributed by atoms with Gasteiger partial charge in [-0.25, -0.2) is 4.79 Å². The van der Waals surface area contributed by atoms with E-state index < -0.39 is 12.0 Å². The Hall–Kier alpha value is -2.24. The Morgan fingerprint density at radius 1 is 1.40 bits per heavy atom. The molecule has 0 bridgehead atoms. The topological polar surface area (TPSA) is 78.9 Å². The molecule has 0 aromatic heterocycles. The Bertz CT molecular complexity index is 488. The molecule has 0 saturated heterocycles. The van der Waals surface area contributed by atoms with Crippen molar-refractivity contribution in [3.8, 4) is 5.75 Å². The number of aliphatic carboxylic acids is 1. The number of hydrogen-bond acceptors (Lipinski definition) is 3. The Kier molecular flexibility index (Phi) is 5.83. The van der Waals surface area contributed by atoms with Gasteiger partial charge in [0, 0.05) is 6.54 Å². The Morgan fingerprint density at radius 2 is 2.10 bits per heavy atom. The highest BCUT2D eigenvalue weighted by atomic mass is 16.5. The standard InChI is InChI=1S/C14H20N2O4/c1-4-7-16(9-13(17)18)14(19)15-11-8-10(2)5-6-12(11)20-3/h5-6,8H,4,7,9H2,1-3H3,(H,15,19)(H,17,18). The van der Waals surface area contributed by atoms with Crippen LogP contribution in [-0.4, -0.2) is 42.2 Å². The number of carbonyl (C=O) groups excluding carboxylic acids is 1. The van der Waals surface area contributed by atoms with E-state index in [2.05, 4.69) is 5.32 Å². The Morgan fingerprint density at radius 3 is 2.65 bits per heavy atom. The first-order valence-electron chi connectivity index (χ1n) is 6.40. The third kappa shape index (κ3) is 4.46. The van der Waals surface area contributed by atoms with Crippen molar-refractivity contribution < 1.29 is 19.4 Å². The molecule has 1 aromatic rings. The number of amides is 2. The van der Waals surface area contributed by atoms with E-state index in [9.17, 15) is 9.59 Å². The first kappa shape index (κ1) is 15.8. The van der Waals surface area contributed by atoms with Crippen LogP contribution in [-0.2, 0) is 4.79 Å². The van der Waals surface area contributed by atoms with Crippen molar-refractivity contribution in [2.24, 2.45) is 0 Å². The molecule has 6 heteroatoms. The fourth-order valence-electron chi connectivity index (χ4n) is 1.80. The molecule has 6 nitrogen and oxygen atoms in total. The van der Waals surface area contributed by atoms with Gasteiger partial charge in [-0.3, -0.25) is 4.79 Å². The van der Waals surface area contributed by atoms with Crippen LogP contribution in [0, 0.1) is 6.92 Å². The summed E-state index contributed by atoms with van der Waals surface area (Å²) in [5.41, 5.74) is 1.50. The van der Waals surface area contributed by atoms with Gasteiger partial charge in [0.25, 0.3) is 0 Å². The molecule has 0 saturated carbocycles. The number of carboxylic acids is 1. The first-order valence-corrected chi connectivity index (χ1v) is 6.40. The summed E-state index contributed by atoms with van der Waals surface area (Å²) in [5.74, 6) is -0.500. The number of urea groups is 1. The van der Waals surface area contributed by atoms with Gasteiger partial charge in [-0.05, 0) is 31.0 Å². The summed E-state index contributed by atoms with van der Waals surface area (Å²) >= 11 is 0. The second-order valence-corrected chi connectivity index (χ2v) is 4.45. The average molecular weight is 280 g/mol. The molecule has 0 spiro atoms. The molecule has 1 rings (SSSR count). The minimum atomic E-state index is -1.04. The summed E-state index contributed by atoms with van der Waals surface area (Å²) in [7, 11) is 1.52. The molecule has 20 heavy (non-hydrogen) atoms. The predicted molar refractivity (Wildman–Crippen MR) is 76.2 cm³/mol. The van der Waals surface area contributed by atoms with Crippen molar-refractivity contribution in [2.75, 3.05) is 25.5 Å². The average Bonchev–Trinajstić information content (AvgIpc) is 2.38. The lowest BCUT2D eigenvalue weighted by Gasteiger charge is -2.21. The van der Waals surface area contributed by atoms with Crippen LogP contribution in [0.3, 0.4) is 0 Å². The Labute approximate surface area is 118 Å². The number of anilines is 1. The minimum absolute atomic E-state index is 0.326. The number of ether oxygens (including phenoxy) is 1. The van der Waals surface area contributed by atoms with Crippen molar-refractivity contribution in [3.05, 3.63) is 23.8 Å². The number of nitrogens with one attached hydrogen (secondary N) is 1. The number of hydrogen-bond donors (Lipinski definition) is 2. The highest BCUT2D eigenvalue weighted by Crippen LogP contribution is 2.25. The second-order valence-electron chi connectivity index (χ2n) is 4.45. The van der Waals surface area contributed by atoms with Gasteiger partial charge in [-0.1, -0.05) is 13.0 Å². The molecule has 0 aliphatic carbocycles. The van der Waals surface area contributed by atoms with Gasteiger partial charge < -0.3 is 20.1 Å². The largest absolute Gasteiger partial charge is 0.495 e. The van der Waals surface area contributed by atoms with E-state index in [-0.39, 0.29) is 6.54 Å². The van der Waals surface area contributed by atoms with E-state index in [0.717, 1.165) is 5.56 Å². The van der Waals surface area contributed by atoms with Crippen LogP contribution >= 0.6 is 0 Å². The SMILES string of the molecule is CCCN(CC(=O)O)C(=O)Nc1cc(C)ccc1OC. The molecule has 0 unspecified atom stereocenters. The number of aryl methyl sites for hydroxylation is 1. The van der Waals surface area contributed by atoms with E-state index in [4.69, 9.17) is 9.84 Å². The number of carbonyl (C=O) groups is 2. The van der Waals surface area contributed by atoms with Gasteiger partial charge in [0.1, 0.15) is 12.3 Å². The smallest absolute Gasteiger partial charge is 0.323 e. The first-order chi connectivity index (χ1) is 9.47. The third-order valence-electron chi connectivity index (χ3n) is 2.70. The summed E-state index contributed by atoms with van der Waals surface area (Å²) in [6.45, 7) is 3.84. The van der Waals surface area contributed by atoms with Crippen molar-refractivity contribution in [2.45, 2.75) is 20.3 Å². The second kappa shape index (κ2) is 7.37. The van der Waals surface area contributed by atoms with Crippen LogP contribution in [0.2, 0.25) is 0 Å². The highest BCUT2D eigenvalue weighted by Gasteiger charge is 2.17. The fourth-order valence-corrected chi connectivity index (χ4v) is 1.80. The summed E-state index contributed by atoms with van der Waals surface area (Å²) < 4.78 is 5.17. The van der Waals surface area contributed by atoms with Crippen LogP contribution in [0.1, 0.15) is 18.9 Å². The van der Waals surface area contributed by atoms with E-state index >= 15 is 0 Å². The molecule has 0 aliphatic rings. The van der Waals surface area contributed by atoms with Crippen molar-refractivity contribution in [1.29, 1.82) is 0 Å². The maximum absolute atomic E-state index is 12.1. The van der Waals surface area contributed by atoms with Gasteiger partial charge in [0.15, 0.2) is 0 Å². The maximum Gasteiger partial charge on any atom is 0.323 e. The molecule has 110 valence electrons. The van der Waals surface area contributed by atoms with Gasteiger partial charge in [-0.2, -0.15) is 0 Å². The minimum Gasteiger partial charge on any atom is -0.495 e. The van der Waals surface area contributed by atoms with Crippen LogP contribution in [0.15, 0.2) is 18.2 Å². The molecule has 0 atom stereocenters. The molecule has 0 aliphatic heterocycles. The summed E-state index contributed by atoms with van der Waals surface area (Å²) in [6.07, 6.45) is 0.686. The summed E-state index contributed by atoms with van der Waals surface area (Å²) in [4.78, 5) is 24.1. The normalized spacial score (nSPS) is 9.95. The zero-order valence-corrected chi connectivity index (χ0v) is 12.0.